The van der Waals surface area contributed by atoms with Gasteiger partial charge in [0.15, 0.2) is 0 Å². The number of urea groups is 1. The van der Waals surface area contributed by atoms with E-state index in [1.165, 1.54) is 36.4 Å². The number of hydrogen-bond donors (Lipinski definition) is 3. The lowest BCUT2D eigenvalue weighted by Crippen LogP contribution is -2.19. The van der Waals surface area contributed by atoms with Gasteiger partial charge in [0, 0.05) is 11.4 Å². The first-order valence-electron chi connectivity index (χ1n) is 8.57. The van der Waals surface area contributed by atoms with Crippen molar-refractivity contribution in [3.05, 3.63) is 84.4 Å². The van der Waals surface area contributed by atoms with E-state index in [0.717, 1.165) is 24.3 Å². The molecule has 0 heterocycles. The van der Waals surface area contributed by atoms with Crippen LogP contribution in [0, 0.1) is 0 Å². The van der Waals surface area contributed by atoms with Gasteiger partial charge in [-0.2, -0.15) is 13.2 Å². The van der Waals surface area contributed by atoms with E-state index in [4.69, 9.17) is 0 Å². The molecular formula is C20H16F3N3O3S. The molecule has 0 fully saturated rings. The van der Waals surface area contributed by atoms with Gasteiger partial charge >= 0.3 is 12.2 Å². The Labute approximate surface area is 170 Å². The Morgan fingerprint density at radius 2 is 1.33 bits per heavy atom. The second kappa shape index (κ2) is 8.46. The van der Waals surface area contributed by atoms with Crippen LogP contribution in [-0.2, 0) is 16.2 Å². The van der Waals surface area contributed by atoms with Gasteiger partial charge in [0.2, 0.25) is 0 Å². The lowest BCUT2D eigenvalue weighted by Gasteiger charge is -2.12. The number of rotatable bonds is 5. The Bertz CT molecular complexity index is 1130. The molecule has 30 heavy (non-hydrogen) atoms. The molecule has 0 aliphatic rings. The number of hydrogen-bond acceptors (Lipinski definition) is 3. The molecule has 0 saturated heterocycles. The van der Waals surface area contributed by atoms with Gasteiger partial charge in [-0.15, -0.1) is 0 Å². The molecule has 0 bridgehead atoms. The summed E-state index contributed by atoms with van der Waals surface area (Å²) in [5, 5.41) is 4.90. The minimum absolute atomic E-state index is 0.0865. The first-order valence-corrected chi connectivity index (χ1v) is 10.0. The third kappa shape index (κ3) is 5.51. The van der Waals surface area contributed by atoms with Crippen LogP contribution >= 0.6 is 0 Å². The fraction of sp³-hybridized carbons (Fsp3) is 0.0500. The zero-order chi connectivity index (χ0) is 21.8. The van der Waals surface area contributed by atoms with Crippen LogP contribution in [0.4, 0.5) is 35.0 Å². The summed E-state index contributed by atoms with van der Waals surface area (Å²) in [5.41, 5.74) is -0.146. The second-order valence-corrected chi connectivity index (χ2v) is 7.84. The molecule has 3 aromatic carbocycles. The summed E-state index contributed by atoms with van der Waals surface area (Å²) in [4.78, 5) is 12.2. The zero-order valence-corrected chi connectivity index (χ0v) is 16.1. The van der Waals surface area contributed by atoms with Crippen LogP contribution in [0.5, 0.6) is 0 Å². The van der Waals surface area contributed by atoms with Crippen molar-refractivity contribution in [3.8, 4) is 0 Å². The number of anilines is 3. The minimum Gasteiger partial charge on any atom is -0.308 e. The van der Waals surface area contributed by atoms with Crippen molar-refractivity contribution in [3.63, 3.8) is 0 Å². The van der Waals surface area contributed by atoms with Gasteiger partial charge < -0.3 is 10.6 Å². The lowest BCUT2D eigenvalue weighted by atomic mass is 10.2. The monoisotopic (exact) mass is 435 g/mol. The minimum atomic E-state index is -4.46. The average molecular weight is 435 g/mol. The Kier molecular flexibility index (Phi) is 5.97. The summed E-state index contributed by atoms with van der Waals surface area (Å²) >= 11 is 0. The highest BCUT2D eigenvalue weighted by Gasteiger charge is 2.30. The maximum atomic E-state index is 12.6. The van der Waals surface area contributed by atoms with Gasteiger partial charge in [0.25, 0.3) is 10.0 Å². The molecule has 2 amide bonds. The molecule has 0 saturated carbocycles. The molecule has 3 rings (SSSR count). The predicted molar refractivity (Wildman–Crippen MR) is 108 cm³/mol. The van der Waals surface area contributed by atoms with Crippen molar-refractivity contribution in [1.29, 1.82) is 0 Å². The molecule has 6 nitrogen and oxygen atoms in total. The average Bonchev–Trinajstić information content (AvgIpc) is 2.68. The number of benzene rings is 3. The number of amides is 2. The van der Waals surface area contributed by atoms with E-state index in [0.29, 0.717) is 0 Å². The maximum Gasteiger partial charge on any atom is 0.416 e. The topological polar surface area (TPSA) is 87.3 Å². The van der Waals surface area contributed by atoms with E-state index in [2.05, 4.69) is 15.4 Å². The predicted octanol–water partition coefficient (Wildman–Crippen LogP) is 5.15. The third-order valence-electron chi connectivity index (χ3n) is 3.90. The fourth-order valence-electron chi connectivity index (χ4n) is 2.51. The molecule has 0 aromatic heterocycles. The molecule has 0 atom stereocenters. The van der Waals surface area contributed by atoms with E-state index < -0.39 is 27.8 Å². The van der Waals surface area contributed by atoms with E-state index in [-0.39, 0.29) is 22.0 Å². The highest BCUT2D eigenvalue weighted by Crippen LogP contribution is 2.29. The molecule has 3 aromatic rings. The molecule has 156 valence electrons. The van der Waals surface area contributed by atoms with Gasteiger partial charge in [-0.05, 0) is 54.6 Å². The number of halogens is 3. The Balaban J connectivity index is 1.65. The van der Waals surface area contributed by atoms with Crippen molar-refractivity contribution in [1.82, 2.24) is 0 Å². The second-order valence-electron chi connectivity index (χ2n) is 6.15. The highest BCUT2D eigenvalue weighted by molar-refractivity contribution is 7.92. The van der Waals surface area contributed by atoms with Crippen LogP contribution < -0.4 is 15.4 Å². The molecule has 0 unspecified atom stereocenters. The summed E-state index contributed by atoms with van der Waals surface area (Å²) in [6, 6.07) is 17.1. The van der Waals surface area contributed by atoms with Crippen molar-refractivity contribution in [2.24, 2.45) is 0 Å². The molecule has 10 heteroatoms. The van der Waals surface area contributed by atoms with Crippen molar-refractivity contribution in [2.45, 2.75) is 11.1 Å². The molecule has 3 N–H and O–H groups in total. The van der Waals surface area contributed by atoms with Gasteiger partial charge in [-0.1, -0.05) is 24.3 Å². The van der Waals surface area contributed by atoms with Crippen molar-refractivity contribution < 1.29 is 26.4 Å². The van der Waals surface area contributed by atoms with Crippen LogP contribution in [-0.4, -0.2) is 14.4 Å². The Morgan fingerprint density at radius 1 is 0.733 bits per heavy atom. The van der Waals surface area contributed by atoms with Crippen LogP contribution in [0.1, 0.15) is 5.56 Å². The molecular weight excluding hydrogens is 419 g/mol. The molecule has 0 radical (unpaired) electrons. The zero-order valence-electron chi connectivity index (χ0n) is 15.3. The number of alkyl halides is 3. The van der Waals surface area contributed by atoms with Crippen LogP contribution in [0.2, 0.25) is 0 Å². The smallest absolute Gasteiger partial charge is 0.308 e. The number of carbonyl (C=O) groups is 1. The van der Waals surface area contributed by atoms with E-state index in [1.807, 2.05) is 0 Å². The van der Waals surface area contributed by atoms with Gasteiger partial charge in [0.1, 0.15) is 0 Å². The standard InChI is InChI=1S/C20H16F3N3O3S/c21-20(22,23)14-9-11-15(12-10-14)24-19(27)25-16-5-4-6-17(13-16)26-30(28,29)18-7-2-1-3-8-18/h1-13,26H,(H2,24,25,27). The number of carbonyl (C=O) groups excluding carboxylic acids is 1. The summed E-state index contributed by atoms with van der Waals surface area (Å²) in [5.74, 6) is 0. The Morgan fingerprint density at radius 3 is 1.97 bits per heavy atom. The van der Waals surface area contributed by atoms with Crippen LogP contribution in [0.15, 0.2) is 83.8 Å². The van der Waals surface area contributed by atoms with Crippen LogP contribution in [0.3, 0.4) is 0 Å². The largest absolute Gasteiger partial charge is 0.416 e. The number of sulfonamides is 1. The molecule has 0 spiro atoms. The van der Waals surface area contributed by atoms with Crippen molar-refractivity contribution >= 4 is 33.1 Å². The van der Waals surface area contributed by atoms with Crippen LogP contribution in [0.25, 0.3) is 0 Å². The first-order chi connectivity index (χ1) is 14.1. The van der Waals surface area contributed by atoms with E-state index in [1.54, 1.807) is 18.2 Å². The summed E-state index contributed by atoms with van der Waals surface area (Å²) in [6.07, 6.45) is -4.46. The molecule has 0 aliphatic heterocycles. The summed E-state index contributed by atoms with van der Waals surface area (Å²) in [6.45, 7) is 0. The van der Waals surface area contributed by atoms with Gasteiger partial charge in [-0.3, -0.25) is 4.72 Å². The van der Waals surface area contributed by atoms with E-state index in [9.17, 15) is 26.4 Å². The Hall–Kier alpha value is -3.53. The molecule has 0 aliphatic carbocycles. The lowest BCUT2D eigenvalue weighted by molar-refractivity contribution is -0.137. The number of nitrogens with one attached hydrogen (secondary N) is 3. The maximum absolute atomic E-state index is 12.6. The highest BCUT2D eigenvalue weighted by atomic mass is 32.2. The van der Waals surface area contributed by atoms with Gasteiger partial charge in [0.05, 0.1) is 16.1 Å². The quantitative estimate of drug-likeness (QED) is 0.518. The SMILES string of the molecule is O=C(Nc1ccc(C(F)(F)F)cc1)Nc1cccc(NS(=O)(=O)c2ccccc2)c1. The van der Waals surface area contributed by atoms with Gasteiger partial charge in [-0.25, -0.2) is 13.2 Å². The summed E-state index contributed by atoms with van der Waals surface area (Å²) < 4.78 is 64.9. The third-order valence-corrected chi connectivity index (χ3v) is 5.29. The van der Waals surface area contributed by atoms with E-state index >= 15 is 0 Å². The summed E-state index contributed by atoms with van der Waals surface area (Å²) in [7, 11) is -3.79. The first kappa shape index (κ1) is 21.2. The normalized spacial score (nSPS) is 11.6. The van der Waals surface area contributed by atoms with Crippen molar-refractivity contribution in [2.75, 3.05) is 15.4 Å². The fourth-order valence-corrected chi connectivity index (χ4v) is 3.58.